The van der Waals surface area contributed by atoms with Crippen LogP contribution in [-0.2, 0) is 0 Å². The molecular formula is C14H17NOS. The minimum atomic E-state index is -0.528. The van der Waals surface area contributed by atoms with Gasteiger partial charge in [-0.15, -0.1) is 11.3 Å². The zero-order valence-corrected chi connectivity index (χ0v) is 11.2. The van der Waals surface area contributed by atoms with E-state index in [1.807, 2.05) is 54.7 Å². The maximum absolute atomic E-state index is 10.3. The van der Waals surface area contributed by atoms with Crippen LogP contribution < -0.4 is 4.90 Å². The van der Waals surface area contributed by atoms with Crippen molar-refractivity contribution in [3.63, 3.8) is 0 Å². The van der Waals surface area contributed by atoms with E-state index in [9.17, 15) is 5.11 Å². The molecule has 0 saturated carbocycles. The van der Waals surface area contributed by atoms with Gasteiger partial charge in [-0.1, -0.05) is 12.1 Å². The molecule has 0 bridgehead atoms. The SMILES string of the molecule is Cc1cc(C(O)c2cccc(N(C)C)c2)cs1. The molecule has 3 heteroatoms. The van der Waals surface area contributed by atoms with Gasteiger partial charge in [0.25, 0.3) is 0 Å². The number of aliphatic hydroxyl groups excluding tert-OH is 1. The first-order valence-electron chi connectivity index (χ1n) is 5.58. The second-order valence-electron chi connectivity index (χ2n) is 4.38. The third-order valence-corrected chi connectivity index (χ3v) is 3.65. The Bertz CT molecular complexity index is 504. The first kappa shape index (κ1) is 12.1. The number of benzene rings is 1. The molecule has 0 fully saturated rings. The van der Waals surface area contributed by atoms with Crippen LogP contribution in [0.25, 0.3) is 0 Å². The highest BCUT2D eigenvalue weighted by atomic mass is 32.1. The smallest absolute Gasteiger partial charge is 0.105 e. The van der Waals surface area contributed by atoms with Crippen LogP contribution in [0.4, 0.5) is 5.69 Å². The first-order valence-corrected chi connectivity index (χ1v) is 6.46. The molecule has 1 atom stereocenters. The first-order chi connectivity index (χ1) is 8.08. The number of thiophene rings is 1. The van der Waals surface area contributed by atoms with Gasteiger partial charge in [0, 0.05) is 24.7 Å². The Morgan fingerprint density at radius 1 is 1.18 bits per heavy atom. The fraction of sp³-hybridized carbons (Fsp3) is 0.286. The lowest BCUT2D eigenvalue weighted by Gasteiger charge is -2.16. The Balaban J connectivity index is 2.30. The Hall–Kier alpha value is -1.32. The minimum Gasteiger partial charge on any atom is -0.384 e. The number of rotatable bonds is 3. The molecule has 0 aliphatic heterocycles. The standard InChI is InChI=1S/C14H17NOS/c1-10-7-12(9-17-10)14(16)11-5-4-6-13(8-11)15(2)3/h4-9,14,16H,1-3H3. The van der Waals surface area contributed by atoms with E-state index in [2.05, 4.69) is 6.92 Å². The van der Waals surface area contributed by atoms with Gasteiger partial charge in [-0.25, -0.2) is 0 Å². The maximum atomic E-state index is 10.3. The van der Waals surface area contributed by atoms with E-state index in [-0.39, 0.29) is 0 Å². The third-order valence-electron chi connectivity index (χ3n) is 2.77. The summed E-state index contributed by atoms with van der Waals surface area (Å²) in [6.07, 6.45) is -0.528. The molecule has 0 aliphatic rings. The average molecular weight is 247 g/mol. The van der Waals surface area contributed by atoms with Crippen LogP contribution in [0, 0.1) is 6.92 Å². The molecular weight excluding hydrogens is 230 g/mol. The van der Waals surface area contributed by atoms with E-state index >= 15 is 0 Å². The normalized spacial score (nSPS) is 12.5. The molecule has 1 aromatic heterocycles. The van der Waals surface area contributed by atoms with Gasteiger partial charge in [0.05, 0.1) is 0 Å². The van der Waals surface area contributed by atoms with Crippen LogP contribution in [0.2, 0.25) is 0 Å². The van der Waals surface area contributed by atoms with Crippen LogP contribution in [0.3, 0.4) is 0 Å². The molecule has 2 rings (SSSR count). The number of anilines is 1. The van der Waals surface area contributed by atoms with E-state index in [4.69, 9.17) is 0 Å². The quantitative estimate of drug-likeness (QED) is 0.900. The number of aliphatic hydroxyl groups is 1. The molecule has 17 heavy (non-hydrogen) atoms. The fourth-order valence-corrected chi connectivity index (χ4v) is 2.50. The van der Waals surface area contributed by atoms with Gasteiger partial charge < -0.3 is 10.0 Å². The molecule has 1 N–H and O–H groups in total. The summed E-state index contributed by atoms with van der Waals surface area (Å²) in [4.78, 5) is 3.26. The Morgan fingerprint density at radius 2 is 1.94 bits per heavy atom. The van der Waals surface area contributed by atoms with E-state index in [1.165, 1.54) is 4.88 Å². The lowest BCUT2D eigenvalue weighted by Crippen LogP contribution is -2.09. The van der Waals surface area contributed by atoms with Crippen molar-refractivity contribution in [1.29, 1.82) is 0 Å². The summed E-state index contributed by atoms with van der Waals surface area (Å²) >= 11 is 1.67. The lowest BCUT2D eigenvalue weighted by molar-refractivity contribution is 0.221. The van der Waals surface area contributed by atoms with Crippen LogP contribution in [0.5, 0.6) is 0 Å². The van der Waals surface area contributed by atoms with Crippen molar-refractivity contribution in [2.24, 2.45) is 0 Å². The fourth-order valence-electron chi connectivity index (χ4n) is 1.77. The number of nitrogens with zero attached hydrogens (tertiary/aromatic N) is 1. The molecule has 0 aliphatic carbocycles. The van der Waals surface area contributed by atoms with Crippen molar-refractivity contribution in [3.05, 3.63) is 51.7 Å². The molecule has 0 amide bonds. The molecule has 1 unspecified atom stereocenters. The Labute approximate surface area is 106 Å². The van der Waals surface area contributed by atoms with Gasteiger partial charge in [-0.3, -0.25) is 0 Å². The van der Waals surface area contributed by atoms with Gasteiger partial charge in [-0.2, -0.15) is 0 Å². The van der Waals surface area contributed by atoms with Crippen molar-refractivity contribution in [2.75, 3.05) is 19.0 Å². The summed E-state index contributed by atoms with van der Waals surface area (Å²) in [7, 11) is 4.00. The summed E-state index contributed by atoms with van der Waals surface area (Å²) in [6, 6.07) is 10.0. The minimum absolute atomic E-state index is 0.528. The number of hydrogen-bond donors (Lipinski definition) is 1. The van der Waals surface area contributed by atoms with Crippen LogP contribution in [0.1, 0.15) is 22.1 Å². The largest absolute Gasteiger partial charge is 0.384 e. The molecule has 2 aromatic rings. The summed E-state index contributed by atoms with van der Waals surface area (Å²) in [6.45, 7) is 2.05. The molecule has 1 aromatic carbocycles. The van der Waals surface area contributed by atoms with Crippen molar-refractivity contribution < 1.29 is 5.11 Å². The lowest BCUT2D eigenvalue weighted by atomic mass is 10.0. The van der Waals surface area contributed by atoms with Gasteiger partial charge in [0.1, 0.15) is 6.10 Å². The van der Waals surface area contributed by atoms with E-state index in [1.54, 1.807) is 11.3 Å². The summed E-state index contributed by atoms with van der Waals surface area (Å²) in [5.74, 6) is 0. The Morgan fingerprint density at radius 3 is 2.53 bits per heavy atom. The zero-order valence-electron chi connectivity index (χ0n) is 10.3. The highest BCUT2D eigenvalue weighted by molar-refractivity contribution is 7.10. The van der Waals surface area contributed by atoms with Crippen LogP contribution in [0.15, 0.2) is 35.7 Å². The third kappa shape index (κ3) is 2.68. The van der Waals surface area contributed by atoms with Gasteiger partial charge in [-0.05, 0) is 41.6 Å². The number of hydrogen-bond acceptors (Lipinski definition) is 3. The molecule has 0 spiro atoms. The number of aryl methyl sites for hydroxylation is 1. The summed E-state index contributed by atoms with van der Waals surface area (Å²) in [5.41, 5.74) is 3.02. The molecule has 1 heterocycles. The van der Waals surface area contributed by atoms with E-state index < -0.39 is 6.10 Å². The van der Waals surface area contributed by atoms with Crippen molar-refractivity contribution in [3.8, 4) is 0 Å². The monoisotopic (exact) mass is 247 g/mol. The Kier molecular flexibility index (Phi) is 3.50. The van der Waals surface area contributed by atoms with E-state index in [0.29, 0.717) is 0 Å². The predicted octanol–water partition coefficient (Wildman–Crippen LogP) is 3.20. The van der Waals surface area contributed by atoms with Crippen LogP contribution >= 0.6 is 11.3 Å². The molecule has 0 radical (unpaired) electrons. The second kappa shape index (κ2) is 4.90. The maximum Gasteiger partial charge on any atom is 0.105 e. The van der Waals surface area contributed by atoms with Crippen molar-refractivity contribution in [1.82, 2.24) is 0 Å². The second-order valence-corrected chi connectivity index (χ2v) is 5.50. The highest BCUT2D eigenvalue weighted by Crippen LogP contribution is 2.27. The zero-order chi connectivity index (χ0) is 12.4. The molecule has 90 valence electrons. The highest BCUT2D eigenvalue weighted by Gasteiger charge is 2.12. The molecule has 2 nitrogen and oxygen atoms in total. The van der Waals surface area contributed by atoms with Crippen molar-refractivity contribution in [2.45, 2.75) is 13.0 Å². The van der Waals surface area contributed by atoms with Gasteiger partial charge >= 0.3 is 0 Å². The summed E-state index contributed by atoms with van der Waals surface area (Å²) < 4.78 is 0. The van der Waals surface area contributed by atoms with Gasteiger partial charge in [0.2, 0.25) is 0 Å². The topological polar surface area (TPSA) is 23.5 Å². The van der Waals surface area contributed by atoms with Crippen molar-refractivity contribution >= 4 is 17.0 Å². The molecule has 0 saturated heterocycles. The van der Waals surface area contributed by atoms with Crippen LogP contribution in [-0.4, -0.2) is 19.2 Å². The summed E-state index contributed by atoms with van der Waals surface area (Å²) in [5, 5.41) is 12.3. The predicted molar refractivity (Wildman–Crippen MR) is 73.9 cm³/mol. The van der Waals surface area contributed by atoms with Gasteiger partial charge in [0.15, 0.2) is 0 Å². The average Bonchev–Trinajstić information content (AvgIpc) is 2.75. The van der Waals surface area contributed by atoms with E-state index in [0.717, 1.165) is 16.8 Å².